The molecule has 0 aromatic heterocycles. The Morgan fingerprint density at radius 2 is 2.20 bits per heavy atom. The Labute approximate surface area is 129 Å². The highest BCUT2D eigenvalue weighted by atomic mass is 79.9. The van der Waals surface area contributed by atoms with Gasteiger partial charge in [0, 0.05) is 13.1 Å². The first kappa shape index (κ1) is 17.0. The molecule has 5 heteroatoms. The van der Waals surface area contributed by atoms with Crippen LogP contribution in [0.25, 0.3) is 0 Å². The van der Waals surface area contributed by atoms with Crippen molar-refractivity contribution in [2.75, 3.05) is 6.54 Å². The molecule has 0 saturated carbocycles. The van der Waals surface area contributed by atoms with Gasteiger partial charge in [0.15, 0.2) is 6.10 Å². The molecule has 4 nitrogen and oxygen atoms in total. The minimum absolute atomic E-state index is 0.0871. The van der Waals surface area contributed by atoms with Gasteiger partial charge in [0.25, 0.3) is 5.91 Å². The van der Waals surface area contributed by atoms with Gasteiger partial charge in [-0.15, -0.1) is 0 Å². The second kappa shape index (κ2) is 8.97. The van der Waals surface area contributed by atoms with Gasteiger partial charge in [-0.05, 0) is 47.0 Å². The van der Waals surface area contributed by atoms with Crippen LogP contribution in [0.4, 0.5) is 0 Å². The molecule has 0 aliphatic carbocycles. The predicted octanol–water partition coefficient (Wildman–Crippen LogP) is 2.98. The number of rotatable bonds is 8. The summed E-state index contributed by atoms with van der Waals surface area (Å²) in [5.74, 6) is 0.564. The highest BCUT2D eigenvalue weighted by molar-refractivity contribution is 9.10. The number of hydrogen-bond acceptors (Lipinski definition) is 3. The number of hydrogen-bond donors (Lipinski definition) is 2. The van der Waals surface area contributed by atoms with E-state index in [2.05, 4.69) is 28.2 Å². The van der Waals surface area contributed by atoms with Crippen molar-refractivity contribution in [3.8, 4) is 5.75 Å². The molecular formula is C15H23BrN2O2. The van der Waals surface area contributed by atoms with Crippen molar-refractivity contribution >= 4 is 21.8 Å². The molecule has 0 bridgehead atoms. The van der Waals surface area contributed by atoms with Crippen LogP contribution in [-0.2, 0) is 11.3 Å². The van der Waals surface area contributed by atoms with Crippen LogP contribution in [0.3, 0.4) is 0 Å². The largest absolute Gasteiger partial charge is 0.480 e. The van der Waals surface area contributed by atoms with Gasteiger partial charge in [-0.1, -0.05) is 25.8 Å². The highest BCUT2D eigenvalue weighted by Gasteiger charge is 2.15. The maximum atomic E-state index is 11.9. The van der Waals surface area contributed by atoms with Gasteiger partial charge in [0.05, 0.1) is 4.47 Å². The topological polar surface area (TPSA) is 64.3 Å². The summed E-state index contributed by atoms with van der Waals surface area (Å²) >= 11 is 3.43. The Hall–Kier alpha value is -1.07. The number of carbonyl (C=O) groups is 1. The maximum Gasteiger partial charge on any atom is 0.260 e. The van der Waals surface area contributed by atoms with E-state index in [-0.39, 0.29) is 5.91 Å². The van der Waals surface area contributed by atoms with Crippen LogP contribution in [0.1, 0.15) is 38.7 Å². The lowest BCUT2D eigenvalue weighted by Gasteiger charge is -2.16. The van der Waals surface area contributed by atoms with Gasteiger partial charge in [0.1, 0.15) is 5.75 Å². The van der Waals surface area contributed by atoms with Crippen molar-refractivity contribution in [1.82, 2.24) is 5.32 Å². The molecule has 0 heterocycles. The van der Waals surface area contributed by atoms with Crippen molar-refractivity contribution in [3.63, 3.8) is 0 Å². The quantitative estimate of drug-likeness (QED) is 0.713. The van der Waals surface area contributed by atoms with Crippen molar-refractivity contribution in [2.24, 2.45) is 5.73 Å². The molecule has 1 aromatic rings. The van der Waals surface area contributed by atoms with Crippen LogP contribution in [0, 0.1) is 0 Å². The van der Waals surface area contributed by atoms with Gasteiger partial charge in [-0.2, -0.15) is 0 Å². The molecule has 1 aromatic carbocycles. The van der Waals surface area contributed by atoms with Gasteiger partial charge in [-0.3, -0.25) is 4.79 Å². The van der Waals surface area contributed by atoms with E-state index in [0.717, 1.165) is 29.3 Å². The van der Waals surface area contributed by atoms with Gasteiger partial charge < -0.3 is 15.8 Å². The number of nitrogens with one attached hydrogen (secondary N) is 1. The first-order valence-corrected chi connectivity index (χ1v) is 7.80. The Morgan fingerprint density at radius 1 is 1.45 bits per heavy atom. The fourth-order valence-electron chi connectivity index (χ4n) is 1.74. The minimum Gasteiger partial charge on any atom is -0.480 e. The number of halogens is 1. The monoisotopic (exact) mass is 342 g/mol. The zero-order chi connectivity index (χ0) is 15.0. The first-order chi connectivity index (χ1) is 9.58. The lowest BCUT2D eigenvalue weighted by Crippen LogP contribution is -2.36. The molecule has 0 fully saturated rings. The Morgan fingerprint density at radius 3 is 2.80 bits per heavy atom. The van der Waals surface area contributed by atoms with Gasteiger partial charge >= 0.3 is 0 Å². The summed E-state index contributed by atoms with van der Waals surface area (Å²) in [4.78, 5) is 11.9. The molecular weight excluding hydrogens is 320 g/mol. The third-order valence-electron chi connectivity index (χ3n) is 2.98. The number of ether oxygens (including phenoxy) is 1. The molecule has 0 saturated heterocycles. The summed E-state index contributed by atoms with van der Waals surface area (Å²) in [7, 11) is 0. The zero-order valence-electron chi connectivity index (χ0n) is 12.1. The standard InChI is InChI=1S/C15H23BrN2O2/c1-3-4-5-8-18-15(19)11(2)20-14-7-6-12(10-17)9-13(14)16/h6-7,9,11H,3-5,8,10,17H2,1-2H3,(H,18,19). The smallest absolute Gasteiger partial charge is 0.260 e. The molecule has 0 radical (unpaired) electrons. The van der Waals surface area contributed by atoms with E-state index in [0.29, 0.717) is 18.8 Å². The van der Waals surface area contributed by atoms with E-state index >= 15 is 0 Å². The highest BCUT2D eigenvalue weighted by Crippen LogP contribution is 2.26. The molecule has 0 aliphatic rings. The third kappa shape index (κ3) is 5.51. The number of carbonyl (C=O) groups excluding carboxylic acids is 1. The van der Waals surface area contributed by atoms with Crippen LogP contribution < -0.4 is 15.8 Å². The maximum absolute atomic E-state index is 11.9. The summed E-state index contributed by atoms with van der Waals surface area (Å²) < 4.78 is 6.47. The van der Waals surface area contributed by atoms with E-state index in [4.69, 9.17) is 10.5 Å². The molecule has 20 heavy (non-hydrogen) atoms. The van der Waals surface area contributed by atoms with Crippen molar-refractivity contribution < 1.29 is 9.53 Å². The van der Waals surface area contributed by atoms with E-state index in [1.807, 2.05) is 18.2 Å². The van der Waals surface area contributed by atoms with E-state index in [9.17, 15) is 4.79 Å². The van der Waals surface area contributed by atoms with Crippen LogP contribution in [0.2, 0.25) is 0 Å². The number of unbranched alkanes of at least 4 members (excludes halogenated alkanes) is 2. The molecule has 1 atom stereocenters. The molecule has 3 N–H and O–H groups in total. The molecule has 112 valence electrons. The Kier molecular flexibility index (Phi) is 7.62. The summed E-state index contributed by atoms with van der Waals surface area (Å²) in [6, 6.07) is 5.63. The lowest BCUT2D eigenvalue weighted by molar-refractivity contribution is -0.127. The predicted molar refractivity (Wildman–Crippen MR) is 84.7 cm³/mol. The van der Waals surface area contributed by atoms with E-state index < -0.39 is 6.10 Å². The molecule has 0 spiro atoms. The van der Waals surface area contributed by atoms with Crippen LogP contribution in [0.5, 0.6) is 5.75 Å². The van der Waals surface area contributed by atoms with Crippen LogP contribution >= 0.6 is 15.9 Å². The van der Waals surface area contributed by atoms with Crippen molar-refractivity contribution in [3.05, 3.63) is 28.2 Å². The average molecular weight is 343 g/mol. The lowest BCUT2D eigenvalue weighted by atomic mass is 10.2. The third-order valence-corrected chi connectivity index (χ3v) is 3.60. The minimum atomic E-state index is -0.517. The molecule has 1 amide bonds. The molecule has 0 aliphatic heterocycles. The van der Waals surface area contributed by atoms with Crippen LogP contribution in [-0.4, -0.2) is 18.6 Å². The first-order valence-electron chi connectivity index (χ1n) is 7.01. The Bertz CT molecular complexity index is 438. The summed E-state index contributed by atoms with van der Waals surface area (Å²) in [5, 5.41) is 2.88. The van der Waals surface area contributed by atoms with E-state index in [1.165, 1.54) is 0 Å². The normalized spacial score (nSPS) is 12.0. The SMILES string of the molecule is CCCCCNC(=O)C(C)Oc1ccc(CN)cc1Br. The summed E-state index contributed by atoms with van der Waals surface area (Å²) in [6.07, 6.45) is 2.75. The number of amides is 1. The zero-order valence-corrected chi connectivity index (χ0v) is 13.7. The van der Waals surface area contributed by atoms with Crippen molar-refractivity contribution in [1.29, 1.82) is 0 Å². The fraction of sp³-hybridized carbons (Fsp3) is 0.533. The second-order valence-electron chi connectivity index (χ2n) is 4.73. The molecule has 1 unspecified atom stereocenters. The molecule has 1 rings (SSSR count). The summed E-state index contributed by atoms with van der Waals surface area (Å²) in [6.45, 7) is 5.06. The van der Waals surface area contributed by atoms with Crippen molar-refractivity contribution in [2.45, 2.75) is 45.8 Å². The van der Waals surface area contributed by atoms with Gasteiger partial charge in [0.2, 0.25) is 0 Å². The second-order valence-corrected chi connectivity index (χ2v) is 5.58. The Balaban J connectivity index is 2.48. The fourth-order valence-corrected chi connectivity index (χ4v) is 2.26. The van der Waals surface area contributed by atoms with Gasteiger partial charge in [-0.25, -0.2) is 0 Å². The summed E-state index contributed by atoms with van der Waals surface area (Å²) in [5.41, 5.74) is 6.59. The van der Waals surface area contributed by atoms with Crippen LogP contribution in [0.15, 0.2) is 22.7 Å². The number of benzene rings is 1. The number of nitrogens with two attached hydrogens (primary N) is 1. The average Bonchev–Trinajstić information content (AvgIpc) is 2.45. The van der Waals surface area contributed by atoms with E-state index in [1.54, 1.807) is 6.92 Å².